The first kappa shape index (κ1) is 16.5. The molecule has 2 heterocycles. The standard InChI is InChI=1S/C17H24N2O3S/c20-23(21,15-16-6-2-1-3-7-16)19-11-9-18(10-12-19)14-17-8-4-5-13-22-17/h1-3,5-7,13,17H,4,8-12,14-15H2/t17-/m0/s1. The van der Waals surface area contributed by atoms with Crippen molar-refractivity contribution in [2.75, 3.05) is 32.7 Å². The van der Waals surface area contributed by atoms with Crippen LogP contribution in [0.2, 0.25) is 0 Å². The van der Waals surface area contributed by atoms with Gasteiger partial charge in [-0.25, -0.2) is 8.42 Å². The van der Waals surface area contributed by atoms with Crippen LogP contribution < -0.4 is 0 Å². The molecule has 0 aliphatic carbocycles. The number of sulfonamides is 1. The van der Waals surface area contributed by atoms with E-state index < -0.39 is 10.0 Å². The Kier molecular flexibility index (Phi) is 5.35. The smallest absolute Gasteiger partial charge is 0.218 e. The molecular formula is C17H24N2O3S. The zero-order valence-corrected chi connectivity index (χ0v) is 14.1. The van der Waals surface area contributed by atoms with Crippen molar-refractivity contribution in [3.8, 4) is 0 Å². The molecular weight excluding hydrogens is 312 g/mol. The summed E-state index contributed by atoms with van der Waals surface area (Å²) in [6, 6.07) is 9.38. The molecule has 0 aromatic heterocycles. The molecule has 3 rings (SSSR count). The summed E-state index contributed by atoms with van der Waals surface area (Å²) in [6.45, 7) is 3.57. The lowest BCUT2D eigenvalue weighted by atomic mass is 10.1. The maximum absolute atomic E-state index is 12.5. The molecule has 1 aromatic carbocycles. The number of rotatable bonds is 5. The second-order valence-corrected chi connectivity index (χ2v) is 8.12. The third-order valence-electron chi connectivity index (χ3n) is 4.40. The average molecular weight is 336 g/mol. The number of hydrogen-bond acceptors (Lipinski definition) is 4. The van der Waals surface area contributed by atoms with Crippen LogP contribution >= 0.6 is 0 Å². The molecule has 23 heavy (non-hydrogen) atoms. The number of hydrogen-bond donors (Lipinski definition) is 0. The summed E-state index contributed by atoms with van der Waals surface area (Å²) in [5.41, 5.74) is 0.845. The number of nitrogens with zero attached hydrogens (tertiary/aromatic N) is 2. The molecule has 0 spiro atoms. The van der Waals surface area contributed by atoms with E-state index in [1.807, 2.05) is 36.4 Å². The van der Waals surface area contributed by atoms with Crippen LogP contribution in [0, 0.1) is 0 Å². The molecule has 0 radical (unpaired) electrons. The van der Waals surface area contributed by atoms with Gasteiger partial charge in [0.05, 0.1) is 12.0 Å². The molecule has 1 saturated heterocycles. The minimum Gasteiger partial charge on any atom is -0.497 e. The molecule has 0 unspecified atom stereocenters. The van der Waals surface area contributed by atoms with Crippen molar-refractivity contribution < 1.29 is 13.2 Å². The highest BCUT2D eigenvalue weighted by atomic mass is 32.2. The first-order chi connectivity index (χ1) is 11.1. The van der Waals surface area contributed by atoms with E-state index in [9.17, 15) is 8.42 Å². The second kappa shape index (κ2) is 7.47. The fourth-order valence-electron chi connectivity index (χ4n) is 3.07. The Morgan fingerprint density at radius 1 is 1.09 bits per heavy atom. The van der Waals surface area contributed by atoms with E-state index in [0.717, 1.165) is 38.0 Å². The Labute approximate surface area is 138 Å². The van der Waals surface area contributed by atoms with Gasteiger partial charge in [0.25, 0.3) is 0 Å². The Balaban J connectivity index is 1.50. The number of allylic oxidation sites excluding steroid dienone is 1. The molecule has 2 aliphatic heterocycles. The van der Waals surface area contributed by atoms with Gasteiger partial charge in [-0.2, -0.15) is 4.31 Å². The van der Waals surface area contributed by atoms with E-state index in [-0.39, 0.29) is 11.9 Å². The summed E-state index contributed by atoms with van der Waals surface area (Å²) in [5.74, 6) is 0.0877. The largest absolute Gasteiger partial charge is 0.497 e. The van der Waals surface area contributed by atoms with Gasteiger partial charge < -0.3 is 4.74 Å². The van der Waals surface area contributed by atoms with Crippen LogP contribution in [0.25, 0.3) is 0 Å². The molecule has 126 valence electrons. The minimum atomic E-state index is -3.23. The van der Waals surface area contributed by atoms with Gasteiger partial charge in [-0.3, -0.25) is 4.90 Å². The maximum atomic E-state index is 12.5. The topological polar surface area (TPSA) is 49.9 Å². The normalized spacial score (nSPS) is 23.6. The second-order valence-electron chi connectivity index (χ2n) is 6.15. The predicted octanol–water partition coefficient (Wildman–Crippen LogP) is 1.83. The molecule has 0 bridgehead atoms. The number of ether oxygens (including phenoxy) is 1. The quantitative estimate of drug-likeness (QED) is 0.823. The molecule has 6 heteroatoms. The van der Waals surface area contributed by atoms with Gasteiger partial charge in [0, 0.05) is 32.7 Å². The lowest BCUT2D eigenvalue weighted by molar-refractivity contribution is 0.0656. The van der Waals surface area contributed by atoms with Crippen LogP contribution in [0.3, 0.4) is 0 Å². The van der Waals surface area contributed by atoms with Gasteiger partial charge >= 0.3 is 0 Å². The summed E-state index contributed by atoms with van der Waals surface area (Å²) < 4.78 is 32.3. The number of benzene rings is 1. The predicted molar refractivity (Wildman–Crippen MR) is 90.3 cm³/mol. The van der Waals surface area contributed by atoms with Crippen molar-refractivity contribution in [2.45, 2.75) is 24.7 Å². The van der Waals surface area contributed by atoms with Crippen LogP contribution in [0.5, 0.6) is 0 Å². The van der Waals surface area contributed by atoms with Crippen LogP contribution in [0.4, 0.5) is 0 Å². The highest BCUT2D eigenvalue weighted by molar-refractivity contribution is 7.88. The molecule has 0 saturated carbocycles. The van der Waals surface area contributed by atoms with Crippen molar-refractivity contribution >= 4 is 10.0 Å². The summed E-state index contributed by atoms with van der Waals surface area (Å²) in [4.78, 5) is 2.30. The van der Waals surface area contributed by atoms with Crippen molar-refractivity contribution in [3.63, 3.8) is 0 Å². The molecule has 1 atom stereocenters. The Hall–Kier alpha value is -1.37. The Morgan fingerprint density at radius 3 is 2.48 bits per heavy atom. The third kappa shape index (κ3) is 4.56. The van der Waals surface area contributed by atoms with E-state index in [4.69, 9.17) is 4.74 Å². The molecule has 2 aliphatic rings. The van der Waals surface area contributed by atoms with Gasteiger partial charge in [0.1, 0.15) is 6.10 Å². The SMILES string of the molecule is O=S(=O)(Cc1ccccc1)N1CCN(C[C@@H]2CCC=CO2)CC1. The fourth-order valence-corrected chi connectivity index (χ4v) is 4.59. The van der Waals surface area contributed by atoms with E-state index in [1.54, 1.807) is 10.6 Å². The minimum absolute atomic E-state index is 0.0877. The first-order valence-electron chi connectivity index (χ1n) is 8.18. The van der Waals surface area contributed by atoms with Gasteiger partial charge in [0.2, 0.25) is 10.0 Å². The highest BCUT2D eigenvalue weighted by Crippen LogP contribution is 2.16. The molecule has 0 N–H and O–H groups in total. The first-order valence-corrected chi connectivity index (χ1v) is 9.79. The van der Waals surface area contributed by atoms with Gasteiger partial charge in [-0.15, -0.1) is 0 Å². The zero-order chi connectivity index (χ0) is 16.1. The third-order valence-corrected chi connectivity index (χ3v) is 6.25. The van der Waals surface area contributed by atoms with E-state index >= 15 is 0 Å². The molecule has 0 amide bonds. The monoisotopic (exact) mass is 336 g/mol. The summed E-state index contributed by atoms with van der Waals surface area (Å²) in [6.07, 6.45) is 6.19. The number of piperazine rings is 1. The molecule has 5 nitrogen and oxygen atoms in total. The molecule has 1 fully saturated rings. The lowest BCUT2D eigenvalue weighted by Gasteiger charge is -2.36. The lowest BCUT2D eigenvalue weighted by Crippen LogP contribution is -2.50. The van der Waals surface area contributed by atoms with Crippen molar-refractivity contribution in [2.24, 2.45) is 0 Å². The van der Waals surface area contributed by atoms with Crippen LogP contribution in [-0.4, -0.2) is 56.5 Å². The average Bonchev–Trinajstić information content (AvgIpc) is 2.57. The Morgan fingerprint density at radius 2 is 1.83 bits per heavy atom. The van der Waals surface area contributed by atoms with Crippen LogP contribution in [-0.2, 0) is 20.5 Å². The van der Waals surface area contributed by atoms with E-state index in [2.05, 4.69) is 4.90 Å². The van der Waals surface area contributed by atoms with Crippen molar-refractivity contribution in [1.82, 2.24) is 9.21 Å². The maximum Gasteiger partial charge on any atom is 0.218 e. The van der Waals surface area contributed by atoms with Crippen molar-refractivity contribution in [3.05, 3.63) is 48.2 Å². The van der Waals surface area contributed by atoms with Crippen LogP contribution in [0.1, 0.15) is 18.4 Å². The summed E-state index contributed by atoms with van der Waals surface area (Å²) >= 11 is 0. The van der Waals surface area contributed by atoms with Gasteiger partial charge in [-0.05, 0) is 24.5 Å². The summed E-state index contributed by atoms with van der Waals surface area (Å²) in [5, 5.41) is 0. The van der Waals surface area contributed by atoms with Gasteiger partial charge in [-0.1, -0.05) is 30.3 Å². The zero-order valence-electron chi connectivity index (χ0n) is 13.3. The molecule has 1 aromatic rings. The summed E-state index contributed by atoms with van der Waals surface area (Å²) in [7, 11) is -3.23. The van der Waals surface area contributed by atoms with E-state index in [1.165, 1.54) is 0 Å². The van der Waals surface area contributed by atoms with E-state index in [0.29, 0.717) is 13.1 Å². The fraction of sp³-hybridized carbons (Fsp3) is 0.529. The highest BCUT2D eigenvalue weighted by Gasteiger charge is 2.28. The Bertz CT molecular complexity index is 622. The van der Waals surface area contributed by atoms with Crippen molar-refractivity contribution in [1.29, 1.82) is 0 Å². The van der Waals surface area contributed by atoms with Gasteiger partial charge in [0.15, 0.2) is 0 Å². The van der Waals surface area contributed by atoms with Crippen LogP contribution in [0.15, 0.2) is 42.7 Å².